The molecule has 1 aromatic carbocycles. The molecule has 1 aromatic heterocycles. The van der Waals surface area contributed by atoms with Crippen LogP contribution in [0, 0.1) is 6.92 Å². The second kappa shape index (κ2) is 5.83. The highest BCUT2D eigenvalue weighted by atomic mass is 16.5. The molecule has 18 heavy (non-hydrogen) atoms. The van der Waals surface area contributed by atoms with Crippen molar-refractivity contribution in [3.63, 3.8) is 0 Å². The normalized spacial score (nSPS) is 10.8. The lowest BCUT2D eigenvalue weighted by atomic mass is 9.99. The number of ether oxygens (including phenoxy) is 1. The number of hydrogen-bond donors (Lipinski definition) is 1. The van der Waals surface area contributed by atoms with Gasteiger partial charge in [-0.15, -0.1) is 0 Å². The lowest BCUT2D eigenvalue weighted by Crippen LogP contribution is -2.00. The van der Waals surface area contributed by atoms with Gasteiger partial charge in [-0.05, 0) is 56.0 Å². The minimum atomic E-state index is 0.755. The molecule has 0 aliphatic rings. The van der Waals surface area contributed by atoms with Crippen LogP contribution in [0.5, 0.6) is 5.75 Å². The summed E-state index contributed by atoms with van der Waals surface area (Å²) in [7, 11) is 1.69. The molecule has 3 nitrogen and oxygen atoms in total. The first-order valence-electron chi connectivity index (χ1n) is 6.39. The minimum Gasteiger partial charge on any atom is -0.494 e. The van der Waals surface area contributed by atoms with Gasteiger partial charge in [-0.1, -0.05) is 6.07 Å². The highest BCUT2D eigenvalue weighted by Gasteiger charge is 2.09. The Hall–Kier alpha value is -1.61. The third kappa shape index (κ3) is 2.46. The number of nitrogens with two attached hydrogens (primary N) is 1. The summed E-state index contributed by atoms with van der Waals surface area (Å²) in [6.07, 6.45) is 5.06. The molecule has 0 fully saturated rings. The standard InChI is InChI=1S/C15H20N2O/c1-11-8-10-17-15-13(18-2)7-6-12(14(11)15)5-3-4-9-16/h6-8,10H,3-5,9,16H2,1-2H3. The molecule has 0 aliphatic heterocycles. The topological polar surface area (TPSA) is 48.1 Å². The molecule has 0 radical (unpaired) electrons. The smallest absolute Gasteiger partial charge is 0.145 e. The van der Waals surface area contributed by atoms with Crippen LogP contribution in [0.4, 0.5) is 0 Å². The number of pyridine rings is 1. The summed E-state index contributed by atoms with van der Waals surface area (Å²) in [4.78, 5) is 4.45. The third-order valence-corrected chi connectivity index (χ3v) is 3.27. The molecule has 0 saturated heterocycles. The Morgan fingerprint density at radius 2 is 2.06 bits per heavy atom. The maximum Gasteiger partial charge on any atom is 0.145 e. The van der Waals surface area contributed by atoms with Crippen molar-refractivity contribution in [3.05, 3.63) is 35.5 Å². The number of hydrogen-bond acceptors (Lipinski definition) is 3. The zero-order valence-electron chi connectivity index (χ0n) is 11.1. The summed E-state index contributed by atoms with van der Waals surface area (Å²) >= 11 is 0. The quantitative estimate of drug-likeness (QED) is 0.823. The van der Waals surface area contributed by atoms with Gasteiger partial charge in [-0.2, -0.15) is 0 Å². The molecule has 0 atom stereocenters. The van der Waals surface area contributed by atoms with Crippen LogP contribution in [-0.2, 0) is 6.42 Å². The molecule has 1 heterocycles. The Morgan fingerprint density at radius 3 is 2.78 bits per heavy atom. The molecule has 0 bridgehead atoms. The first kappa shape index (κ1) is 12.8. The predicted octanol–water partition coefficient (Wildman–Crippen LogP) is 2.83. The first-order chi connectivity index (χ1) is 8.77. The van der Waals surface area contributed by atoms with Crippen LogP contribution in [0.1, 0.15) is 24.0 Å². The Kier molecular flexibility index (Phi) is 4.15. The van der Waals surface area contributed by atoms with Gasteiger partial charge in [0.25, 0.3) is 0 Å². The second-order valence-corrected chi connectivity index (χ2v) is 4.52. The Balaban J connectivity index is 2.47. The van der Waals surface area contributed by atoms with Crippen molar-refractivity contribution in [2.45, 2.75) is 26.2 Å². The highest BCUT2D eigenvalue weighted by molar-refractivity contribution is 5.90. The molecular weight excluding hydrogens is 224 g/mol. The van der Waals surface area contributed by atoms with Gasteiger partial charge in [0.15, 0.2) is 0 Å². The molecule has 2 rings (SSSR count). The Bertz CT molecular complexity index is 537. The van der Waals surface area contributed by atoms with Crippen molar-refractivity contribution < 1.29 is 4.74 Å². The average Bonchev–Trinajstić information content (AvgIpc) is 2.39. The fraction of sp³-hybridized carbons (Fsp3) is 0.400. The van der Waals surface area contributed by atoms with Gasteiger partial charge in [0, 0.05) is 11.6 Å². The second-order valence-electron chi connectivity index (χ2n) is 4.52. The van der Waals surface area contributed by atoms with E-state index in [1.165, 1.54) is 16.5 Å². The Labute approximate surface area is 108 Å². The SMILES string of the molecule is COc1ccc(CCCCN)c2c(C)ccnc12. The van der Waals surface area contributed by atoms with Gasteiger partial charge in [-0.3, -0.25) is 4.98 Å². The van der Waals surface area contributed by atoms with E-state index >= 15 is 0 Å². The van der Waals surface area contributed by atoms with Crippen LogP contribution in [0.15, 0.2) is 24.4 Å². The van der Waals surface area contributed by atoms with E-state index in [0.717, 1.165) is 37.1 Å². The summed E-state index contributed by atoms with van der Waals surface area (Å²) in [5.74, 6) is 0.844. The van der Waals surface area contributed by atoms with Gasteiger partial charge in [-0.25, -0.2) is 0 Å². The molecule has 0 saturated carbocycles. The fourth-order valence-corrected chi connectivity index (χ4v) is 2.32. The van der Waals surface area contributed by atoms with Crippen LogP contribution in [-0.4, -0.2) is 18.6 Å². The van der Waals surface area contributed by atoms with E-state index in [1.54, 1.807) is 7.11 Å². The minimum absolute atomic E-state index is 0.755. The molecular formula is C15H20N2O. The maximum absolute atomic E-state index is 5.55. The summed E-state index contributed by atoms with van der Waals surface area (Å²) in [6, 6.07) is 6.20. The van der Waals surface area contributed by atoms with E-state index in [1.807, 2.05) is 18.3 Å². The van der Waals surface area contributed by atoms with E-state index in [2.05, 4.69) is 18.0 Å². The molecule has 2 aromatic rings. The van der Waals surface area contributed by atoms with E-state index < -0.39 is 0 Å². The van der Waals surface area contributed by atoms with Crippen LogP contribution < -0.4 is 10.5 Å². The molecule has 3 heteroatoms. The summed E-state index contributed by atoms with van der Waals surface area (Å²) in [5.41, 5.74) is 9.10. The van der Waals surface area contributed by atoms with Gasteiger partial charge < -0.3 is 10.5 Å². The predicted molar refractivity (Wildman–Crippen MR) is 75.0 cm³/mol. The highest BCUT2D eigenvalue weighted by Crippen LogP contribution is 2.29. The number of fused-ring (bicyclic) bond motifs is 1. The van der Waals surface area contributed by atoms with Crippen LogP contribution in [0.2, 0.25) is 0 Å². The van der Waals surface area contributed by atoms with Gasteiger partial charge >= 0.3 is 0 Å². The first-order valence-corrected chi connectivity index (χ1v) is 6.39. The molecule has 0 aliphatic carbocycles. The van der Waals surface area contributed by atoms with E-state index in [4.69, 9.17) is 10.5 Å². The number of benzene rings is 1. The van der Waals surface area contributed by atoms with Crippen LogP contribution in [0.3, 0.4) is 0 Å². The number of aromatic nitrogens is 1. The molecule has 0 spiro atoms. The molecule has 0 amide bonds. The van der Waals surface area contributed by atoms with Gasteiger partial charge in [0.1, 0.15) is 11.3 Å². The van der Waals surface area contributed by atoms with Crippen molar-refractivity contribution in [1.82, 2.24) is 4.98 Å². The lowest BCUT2D eigenvalue weighted by Gasteiger charge is -2.11. The zero-order valence-corrected chi connectivity index (χ0v) is 11.1. The zero-order chi connectivity index (χ0) is 13.0. The maximum atomic E-state index is 5.55. The summed E-state index contributed by atoms with van der Waals surface area (Å²) in [6.45, 7) is 2.88. The van der Waals surface area contributed by atoms with E-state index in [0.29, 0.717) is 0 Å². The van der Waals surface area contributed by atoms with E-state index in [-0.39, 0.29) is 0 Å². The number of aryl methyl sites for hydroxylation is 2. The number of nitrogens with zero attached hydrogens (tertiary/aromatic N) is 1. The number of rotatable bonds is 5. The van der Waals surface area contributed by atoms with Gasteiger partial charge in [0.2, 0.25) is 0 Å². The molecule has 96 valence electrons. The van der Waals surface area contributed by atoms with Crippen LogP contribution in [0.25, 0.3) is 10.9 Å². The molecule has 2 N–H and O–H groups in total. The van der Waals surface area contributed by atoms with Crippen molar-refractivity contribution in [2.24, 2.45) is 5.73 Å². The van der Waals surface area contributed by atoms with Crippen molar-refractivity contribution in [2.75, 3.05) is 13.7 Å². The third-order valence-electron chi connectivity index (χ3n) is 3.27. The van der Waals surface area contributed by atoms with Crippen molar-refractivity contribution in [3.8, 4) is 5.75 Å². The number of unbranched alkanes of at least 4 members (excludes halogenated alkanes) is 1. The van der Waals surface area contributed by atoms with E-state index in [9.17, 15) is 0 Å². The Morgan fingerprint density at radius 1 is 1.22 bits per heavy atom. The summed E-state index contributed by atoms with van der Waals surface area (Å²) < 4.78 is 5.38. The average molecular weight is 244 g/mol. The van der Waals surface area contributed by atoms with Crippen molar-refractivity contribution in [1.29, 1.82) is 0 Å². The number of methoxy groups -OCH3 is 1. The summed E-state index contributed by atoms with van der Waals surface area (Å²) in [5, 5.41) is 1.23. The lowest BCUT2D eigenvalue weighted by molar-refractivity contribution is 0.418. The van der Waals surface area contributed by atoms with Crippen molar-refractivity contribution >= 4 is 10.9 Å². The monoisotopic (exact) mass is 244 g/mol. The fourth-order valence-electron chi connectivity index (χ4n) is 2.32. The van der Waals surface area contributed by atoms with Gasteiger partial charge in [0.05, 0.1) is 7.11 Å². The van der Waals surface area contributed by atoms with Crippen LogP contribution >= 0.6 is 0 Å². The largest absolute Gasteiger partial charge is 0.494 e. The molecule has 0 unspecified atom stereocenters.